The number of halogens is 3. The smallest absolute Gasteiger partial charge is 0.322 e. The zero-order valence-corrected chi connectivity index (χ0v) is 18.2. The van der Waals surface area contributed by atoms with Gasteiger partial charge < -0.3 is 10.3 Å². The van der Waals surface area contributed by atoms with E-state index in [0.717, 1.165) is 23.1 Å². The highest BCUT2D eigenvalue weighted by atomic mass is 19.4. The molecule has 0 atom stereocenters. The predicted octanol–water partition coefficient (Wildman–Crippen LogP) is 5.21. The normalized spacial score (nSPS) is 11.1. The summed E-state index contributed by atoms with van der Waals surface area (Å²) in [6.45, 7) is 3.37. The molecule has 1 amide bonds. The van der Waals surface area contributed by atoms with Crippen molar-refractivity contribution in [2.45, 2.75) is 20.0 Å². The number of alkyl halides is 3. The number of aromatic amines is 1. The van der Waals surface area contributed by atoms with Crippen molar-refractivity contribution in [1.82, 2.24) is 9.97 Å². The van der Waals surface area contributed by atoms with E-state index in [4.69, 9.17) is 0 Å². The minimum atomic E-state index is -4.51. The molecule has 4 aromatic rings. The predicted molar refractivity (Wildman–Crippen MR) is 124 cm³/mol. The van der Waals surface area contributed by atoms with Gasteiger partial charge in [-0.05, 0) is 67.4 Å². The number of hydrogen-bond acceptors (Lipinski definition) is 3. The number of pyridine rings is 2. The molecule has 170 valence electrons. The molecule has 0 aliphatic rings. The average molecular weight is 461 g/mol. The number of carbonyl (C=O) groups is 1. The molecule has 0 spiro atoms. The number of nitrogens with one attached hydrogen (secondary N) is 2. The van der Waals surface area contributed by atoms with Gasteiger partial charge in [0.15, 0.2) is 0 Å². The fourth-order valence-electron chi connectivity index (χ4n) is 3.37. The van der Waals surface area contributed by atoms with E-state index < -0.39 is 17.6 Å². The number of carbonyl (C=O) groups excluding carboxylic acids is 1. The van der Waals surface area contributed by atoms with Crippen molar-refractivity contribution in [3.05, 3.63) is 105 Å². The van der Waals surface area contributed by atoms with Crippen molar-refractivity contribution in [3.63, 3.8) is 0 Å². The monoisotopic (exact) mass is 461 g/mol. The second kappa shape index (κ2) is 8.87. The molecule has 0 aliphatic heterocycles. The average Bonchev–Trinajstić information content (AvgIpc) is 2.77. The Hall–Kier alpha value is -4.38. The molecule has 0 radical (unpaired) electrons. The molecule has 2 aromatic carbocycles. The summed E-state index contributed by atoms with van der Waals surface area (Å²) in [6.07, 6.45) is -2.97. The van der Waals surface area contributed by atoms with Crippen molar-refractivity contribution in [1.29, 1.82) is 0 Å². The SMILES string of the molecule is Cc1cc(NC(=O)c2ccc(C)c(C#Cc3cnc4[nH]c(=O)ccc4c3)c2)cc(C(F)(F)F)c1. The number of fused-ring (bicyclic) bond motifs is 1. The topological polar surface area (TPSA) is 74.8 Å². The second-order valence-electron chi connectivity index (χ2n) is 7.80. The molecule has 8 heteroatoms. The molecular formula is C26H18F3N3O2. The van der Waals surface area contributed by atoms with Crippen molar-refractivity contribution < 1.29 is 18.0 Å². The molecule has 2 N–H and O–H groups in total. The standard InChI is InChI=1S/C26H18F3N3O2/c1-15-9-21(26(27,28)29)13-22(10-15)31-25(34)20-5-3-16(2)18(12-20)6-4-17-11-19-7-8-23(33)32-24(19)30-14-17/h3,5,7-14H,1-2H3,(H,31,34)(H,30,32,33). The molecule has 0 bridgehead atoms. The van der Waals surface area contributed by atoms with Gasteiger partial charge >= 0.3 is 6.18 Å². The van der Waals surface area contributed by atoms with Gasteiger partial charge in [0.2, 0.25) is 5.56 Å². The van der Waals surface area contributed by atoms with E-state index in [-0.39, 0.29) is 16.8 Å². The van der Waals surface area contributed by atoms with Crippen LogP contribution in [0, 0.1) is 25.7 Å². The number of benzene rings is 2. The third-order valence-corrected chi connectivity index (χ3v) is 5.08. The fourth-order valence-corrected chi connectivity index (χ4v) is 3.37. The maximum absolute atomic E-state index is 13.1. The Morgan fingerprint density at radius 3 is 2.56 bits per heavy atom. The summed E-state index contributed by atoms with van der Waals surface area (Å²) in [7, 11) is 0. The van der Waals surface area contributed by atoms with Gasteiger partial charge in [-0.1, -0.05) is 17.9 Å². The van der Waals surface area contributed by atoms with Gasteiger partial charge in [0.05, 0.1) is 5.56 Å². The lowest BCUT2D eigenvalue weighted by Crippen LogP contribution is -2.14. The molecule has 5 nitrogen and oxygen atoms in total. The second-order valence-corrected chi connectivity index (χ2v) is 7.80. The van der Waals surface area contributed by atoms with Crippen LogP contribution in [0.4, 0.5) is 18.9 Å². The number of nitrogens with zero attached hydrogens (tertiary/aromatic N) is 1. The lowest BCUT2D eigenvalue weighted by Gasteiger charge is -2.12. The van der Waals surface area contributed by atoms with E-state index in [2.05, 4.69) is 27.1 Å². The van der Waals surface area contributed by atoms with E-state index >= 15 is 0 Å². The Morgan fingerprint density at radius 2 is 1.79 bits per heavy atom. The Bertz CT molecular complexity index is 1540. The molecule has 0 saturated heterocycles. The highest BCUT2D eigenvalue weighted by Gasteiger charge is 2.31. The summed E-state index contributed by atoms with van der Waals surface area (Å²) in [5, 5.41) is 3.26. The summed E-state index contributed by atoms with van der Waals surface area (Å²) >= 11 is 0. The molecule has 2 heterocycles. The zero-order valence-electron chi connectivity index (χ0n) is 18.2. The molecule has 0 saturated carbocycles. The van der Waals surface area contributed by atoms with Gasteiger partial charge in [-0.25, -0.2) is 4.98 Å². The van der Waals surface area contributed by atoms with Crippen molar-refractivity contribution in [2.75, 3.05) is 5.32 Å². The lowest BCUT2D eigenvalue weighted by atomic mass is 10.0. The van der Waals surface area contributed by atoms with Gasteiger partial charge in [0.1, 0.15) is 5.65 Å². The maximum Gasteiger partial charge on any atom is 0.416 e. The van der Waals surface area contributed by atoms with Crippen molar-refractivity contribution in [3.8, 4) is 11.8 Å². The minimum absolute atomic E-state index is 0.0609. The molecule has 2 aromatic heterocycles. The van der Waals surface area contributed by atoms with Crippen molar-refractivity contribution >= 4 is 22.6 Å². The van der Waals surface area contributed by atoms with E-state index in [1.54, 1.807) is 30.3 Å². The fraction of sp³-hybridized carbons (Fsp3) is 0.115. The Morgan fingerprint density at radius 1 is 1.00 bits per heavy atom. The first kappa shape index (κ1) is 22.8. The van der Waals surface area contributed by atoms with Crippen LogP contribution in [-0.4, -0.2) is 15.9 Å². The van der Waals surface area contributed by atoms with Crippen LogP contribution < -0.4 is 10.9 Å². The number of rotatable bonds is 2. The first-order chi connectivity index (χ1) is 16.1. The first-order valence-electron chi connectivity index (χ1n) is 10.2. The number of anilines is 1. The Balaban J connectivity index is 1.60. The van der Waals surface area contributed by atoms with E-state index in [9.17, 15) is 22.8 Å². The molecule has 4 rings (SSSR count). The van der Waals surface area contributed by atoms with Crippen LogP contribution in [0.15, 0.2) is 65.6 Å². The Labute approximate surface area is 192 Å². The van der Waals surface area contributed by atoms with Crippen LogP contribution in [0.3, 0.4) is 0 Å². The molecule has 0 aliphatic carbocycles. The number of aryl methyl sites for hydroxylation is 2. The van der Waals surface area contributed by atoms with Crippen LogP contribution >= 0.6 is 0 Å². The highest BCUT2D eigenvalue weighted by Crippen LogP contribution is 2.32. The third-order valence-electron chi connectivity index (χ3n) is 5.08. The van der Waals surface area contributed by atoms with Crippen LogP contribution in [0.1, 0.15) is 38.2 Å². The van der Waals surface area contributed by atoms with Gasteiger partial charge in [-0.3, -0.25) is 9.59 Å². The van der Waals surface area contributed by atoms with E-state index in [0.29, 0.717) is 22.3 Å². The Kier molecular flexibility index (Phi) is 5.95. The maximum atomic E-state index is 13.1. The quantitative estimate of drug-likeness (QED) is 0.403. The number of amides is 1. The molecule has 34 heavy (non-hydrogen) atoms. The zero-order chi connectivity index (χ0) is 24.5. The van der Waals surface area contributed by atoms with E-state index in [1.165, 1.54) is 25.3 Å². The van der Waals surface area contributed by atoms with E-state index in [1.807, 2.05) is 6.92 Å². The first-order valence-corrected chi connectivity index (χ1v) is 10.2. The number of aromatic nitrogens is 2. The van der Waals surface area contributed by atoms with Gasteiger partial charge in [0, 0.05) is 40.0 Å². The van der Waals surface area contributed by atoms with Gasteiger partial charge in [0.25, 0.3) is 5.91 Å². The van der Waals surface area contributed by atoms with Crippen LogP contribution in [0.5, 0.6) is 0 Å². The summed E-state index contributed by atoms with van der Waals surface area (Å²) in [6, 6.07) is 13.1. The molecule has 0 unspecified atom stereocenters. The molecular weight excluding hydrogens is 443 g/mol. The molecule has 0 fully saturated rings. The van der Waals surface area contributed by atoms with Gasteiger partial charge in [-0.15, -0.1) is 0 Å². The lowest BCUT2D eigenvalue weighted by molar-refractivity contribution is -0.137. The summed E-state index contributed by atoms with van der Waals surface area (Å²) in [4.78, 5) is 30.9. The third kappa shape index (κ3) is 5.15. The van der Waals surface area contributed by atoms with Crippen molar-refractivity contribution in [2.24, 2.45) is 0 Å². The largest absolute Gasteiger partial charge is 0.416 e. The highest BCUT2D eigenvalue weighted by molar-refractivity contribution is 6.04. The van der Waals surface area contributed by atoms with Crippen LogP contribution in [-0.2, 0) is 6.18 Å². The summed E-state index contributed by atoms with van der Waals surface area (Å²) < 4.78 is 39.3. The number of H-pyrrole nitrogens is 1. The van der Waals surface area contributed by atoms with Crippen LogP contribution in [0.2, 0.25) is 0 Å². The minimum Gasteiger partial charge on any atom is -0.322 e. The summed E-state index contributed by atoms with van der Waals surface area (Å²) in [5.41, 5.74) is 2.13. The number of hydrogen-bond donors (Lipinski definition) is 2. The van der Waals surface area contributed by atoms with Gasteiger partial charge in [-0.2, -0.15) is 13.2 Å². The summed E-state index contributed by atoms with van der Waals surface area (Å²) in [5.74, 6) is 5.46. The van der Waals surface area contributed by atoms with Crippen LogP contribution in [0.25, 0.3) is 11.0 Å².